The first-order valence-corrected chi connectivity index (χ1v) is 17.0. The Labute approximate surface area is 256 Å². The molecule has 0 spiro atoms. The van der Waals surface area contributed by atoms with Gasteiger partial charge < -0.3 is 15.7 Å². The van der Waals surface area contributed by atoms with Crippen LogP contribution in [0, 0.1) is 5.41 Å². The molecule has 0 aromatic heterocycles. The number of carbonyl (C=O) groups excluding carboxylic acids is 2. The Bertz CT molecular complexity index is 1960. The van der Waals surface area contributed by atoms with Gasteiger partial charge in [-0.1, -0.05) is 63.2 Å². The number of amides is 1. The summed E-state index contributed by atoms with van der Waals surface area (Å²) in [4.78, 5) is 28.0. The standard InChI is InChI=1S/C31H32N4O7S2/c1-30(2,3)16-17-31(33-29(38)19-10-6-5-7-11-19)22-13-9-8-12-21(22)26(36)25(27(31)37)28-32-23-15-14-20(34-43(4,39)40)18-24(23)44(41,42)35-28/h5-15,18,34,36H,16-17H2,1-4H3,(H,32,35)(H,33,38). The zero-order valence-electron chi connectivity index (χ0n) is 24.5. The summed E-state index contributed by atoms with van der Waals surface area (Å²) in [5.74, 6) is -2.17. The topological polar surface area (TPSA) is 171 Å². The summed E-state index contributed by atoms with van der Waals surface area (Å²) in [5.41, 5.74) is -1.39. The molecule has 0 saturated carbocycles. The van der Waals surface area contributed by atoms with Gasteiger partial charge in [0.05, 0.1) is 11.9 Å². The molecule has 5 rings (SSSR count). The molecule has 13 heteroatoms. The van der Waals surface area contributed by atoms with E-state index in [2.05, 4.69) is 19.8 Å². The summed E-state index contributed by atoms with van der Waals surface area (Å²) < 4.78 is 56.3. The van der Waals surface area contributed by atoms with Gasteiger partial charge in [-0.25, -0.2) is 8.42 Å². The maximum atomic E-state index is 14.7. The van der Waals surface area contributed by atoms with Gasteiger partial charge in [0.2, 0.25) is 10.0 Å². The van der Waals surface area contributed by atoms with Crippen LogP contribution in [0.3, 0.4) is 0 Å². The SMILES string of the molecule is CC(C)(C)CCC1(NC(=O)c2ccccc2)C(=O)C(C2=NS(=O)(=O)c3cc(NS(C)(=O)=O)ccc3N2)=C(O)c2ccccc21. The second-order valence-electron chi connectivity index (χ2n) is 12.0. The molecular weight excluding hydrogens is 604 g/mol. The van der Waals surface area contributed by atoms with E-state index < -0.39 is 54.4 Å². The summed E-state index contributed by atoms with van der Waals surface area (Å²) in [6, 6.07) is 18.8. The number of aliphatic hydroxyl groups is 1. The van der Waals surface area contributed by atoms with Crippen LogP contribution in [0.1, 0.15) is 55.1 Å². The van der Waals surface area contributed by atoms with Crippen molar-refractivity contribution in [2.75, 3.05) is 16.3 Å². The Balaban J connectivity index is 1.67. The lowest BCUT2D eigenvalue weighted by Gasteiger charge is -2.40. The quantitative estimate of drug-likeness (QED) is 0.292. The first-order chi connectivity index (χ1) is 20.5. The minimum Gasteiger partial charge on any atom is -0.506 e. The number of ketones is 1. The fourth-order valence-electron chi connectivity index (χ4n) is 5.26. The third-order valence-electron chi connectivity index (χ3n) is 7.37. The highest BCUT2D eigenvalue weighted by atomic mass is 32.2. The van der Waals surface area contributed by atoms with Crippen LogP contribution >= 0.6 is 0 Å². The summed E-state index contributed by atoms with van der Waals surface area (Å²) in [6.45, 7) is 5.99. The molecule has 0 radical (unpaired) electrons. The van der Waals surface area contributed by atoms with Crippen LogP contribution in [0.2, 0.25) is 0 Å². The average molecular weight is 637 g/mol. The van der Waals surface area contributed by atoms with Crippen LogP contribution < -0.4 is 15.4 Å². The predicted molar refractivity (Wildman–Crippen MR) is 168 cm³/mol. The number of nitrogens with zero attached hydrogens (tertiary/aromatic N) is 1. The van der Waals surface area contributed by atoms with Crippen molar-refractivity contribution in [2.45, 2.75) is 44.0 Å². The van der Waals surface area contributed by atoms with Gasteiger partial charge in [0, 0.05) is 16.8 Å². The molecule has 1 aliphatic carbocycles. The van der Waals surface area contributed by atoms with Crippen molar-refractivity contribution >= 4 is 54.7 Å². The number of rotatable bonds is 7. The maximum Gasteiger partial charge on any atom is 0.286 e. The highest BCUT2D eigenvalue weighted by Gasteiger charge is 2.51. The van der Waals surface area contributed by atoms with E-state index in [9.17, 15) is 31.5 Å². The first-order valence-electron chi connectivity index (χ1n) is 13.7. The van der Waals surface area contributed by atoms with E-state index in [0.29, 0.717) is 17.5 Å². The molecule has 3 aromatic carbocycles. The summed E-state index contributed by atoms with van der Waals surface area (Å²) >= 11 is 0. The van der Waals surface area contributed by atoms with Crippen molar-refractivity contribution in [3.63, 3.8) is 0 Å². The molecular formula is C31H32N4O7S2. The molecule has 1 unspecified atom stereocenters. The molecule has 11 nitrogen and oxygen atoms in total. The molecule has 3 aromatic rings. The van der Waals surface area contributed by atoms with Gasteiger partial charge in [0.15, 0.2) is 11.6 Å². The smallest absolute Gasteiger partial charge is 0.286 e. The Kier molecular flexibility index (Phi) is 7.67. The van der Waals surface area contributed by atoms with Crippen LogP contribution in [-0.4, -0.2) is 45.7 Å². The van der Waals surface area contributed by atoms with E-state index in [1.54, 1.807) is 54.6 Å². The van der Waals surface area contributed by atoms with Crippen LogP contribution in [-0.2, 0) is 30.4 Å². The van der Waals surface area contributed by atoms with Gasteiger partial charge in [-0.3, -0.25) is 14.3 Å². The average Bonchev–Trinajstić information content (AvgIpc) is 2.94. The Morgan fingerprint density at radius 1 is 1.02 bits per heavy atom. The Morgan fingerprint density at radius 2 is 1.68 bits per heavy atom. The third kappa shape index (κ3) is 5.97. The number of sulfonamides is 2. The van der Waals surface area contributed by atoms with Crippen LogP contribution in [0.15, 0.2) is 87.7 Å². The second-order valence-corrected chi connectivity index (χ2v) is 15.3. The monoisotopic (exact) mass is 636 g/mol. The van der Waals surface area contributed by atoms with Gasteiger partial charge in [-0.05, 0) is 54.2 Å². The summed E-state index contributed by atoms with van der Waals surface area (Å²) in [6.07, 6.45) is 1.55. The van der Waals surface area contributed by atoms with Gasteiger partial charge in [0.25, 0.3) is 15.9 Å². The highest BCUT2D eigenvalue weighted by Crippen LogP contribution is 2.44. The number of amidine groups is 1. The predicted octanol–water partition coefficient (Wildman–Crippen LogP) is 4.57. The van der Waals surface area contributed by atoms with Crippen molar-refractivity contribution in [2.24, 2.45) is 9.81 Å². The van der Waals surface area contributed by atoms with E-state index in [4.69, 9.17) is 0 Å². The summed E-state index contributed by atoms with van der Waals surface area (Å²) in [5, 5.41) is 17.3. The molecule has 1 atom stereocenters. The number of anilines is 2. The number of Topliss-reactive ketones (excluding diaryl/α,β-unsaturated/α-hetero) is 1. The highest BCUT2D eigenvalue weighted by molar-refractivity contribution is 7.92. The first kappa shape index (κ1) is 31.0. The minimum atomic E-state index is -4.48. The lowest BCUT2D eigenvalue weighted by Crippen LogP contribution is -2.56. The van der Waals surface area contributed by atoms with Crippen LogP contribution in [0.5, 0.6) is 0 Å². The normalized spacial score (nSPS) is 19.3. The van der Waals surface area contributed by atoms with Crippen molar-refractivity contribution in [1.29, 1.82) is 0 Å². The van der Waals surface area contributed by atoms with Crippen molar-refractivity contribution in [3.8, 4) is 0 Å². The van der Waals surface area contributed by atoms with Gasteiger partial charge >= 0.3 is 0 Å². The van der Waals surface area contributed by atoms with E-state index in [0.717, 1.165) is 12.3 Å². The van der Waals surface area contributed by atoms with Crippen molar-refractivity contribution in [3.05, 3.63) is 95.1 Å². The van der Waals surface area contributed by atoms with E-state index in [1.807, 2.05) is 20.8 Å². The van der Waals surface area contributed by atoms with Crippen LogP contribution in [0.4, 0.5) is 11.4 Å². The number of aliphatic hydroxyl groups excluding tert-OH is 1. The molecule has 0 bridgehead atoms. The third-order valence-corrected chi connectivity index (χ3v) is 9.29. The number of nitrogens with one attached hydrogen (secondary N) is 3. The van der Waals surface area contributed by atoms with Crippen LogP contribution in [0.25, 0.3) is 5.76 Å². The fourth-order valence-corrected chi connectivity index (χ4v) is 6.96. The van der Waals surface area contributed by atoms with E-state index >= 15 is 0 Å². The number of fused-ring (bicyclic) bond motifs is 2. The Hall–Kier alpha value is -4.49. The van der Waals surface area contributed by atoms with E-state index in [1.165, 1.54) is 12.1 Å². The fraction of sp³-hybridized carbons (Fsp3) is 0.258. The summed E-state index contributed by atoms with van der Waals surface area (Å²) in [7, 11) is -8.17. The molecule has 1 aliphatic heterocycles. The number of hydrogen-bond donors (Lipinski definition) is 4. The molecule has 0 saturated heterocycles. The Morgan fingerprint density at radius 3 is 2.34 bits per heavy atom. The molecule has 44 heavy (non-hydrogen) atoms. The zero-order chi connectivity index (χ0) is 32.1. The lowest BCUT2D eigenvalue weighted by atomic mass is 9.69. The molecule has 4 N–H and O–H groups in total. The molecule has 2 aliphatic rings. The number of benzene rings is 3. The largest absolute Gasteiger partial charge is 0.506 e. The molecule has 1 amide bonds. The zero-order valence-corrected chi connectivity index (χ0v) is 26.1. The van der Waals surface area contributed by atoms with Crippen molar-refractivity contribution in [1.82, 2.24) is 5.32 Å². The van der Waals surface area contributed by atoms with Gasteiger partial charge in [-0.2, -0.15) is 8.42 Å². The van der Waals surface area contributed by atoms with Gasteiger partial charge in [-0.15, -0.1) is 4.40 Å². The van der Waals surface area contributed by atoms with E-state index in [-0.39, 0.29) is 33.7 Å². The number of hydrogen-bond acceptors (Lipinski definition) is 8. The minimum absolute atomic E-state index is 0.00447. The van der Waals surface area contributed by atoms with Gasteiger partial charge in [0.1, 0.15) is 21.8 Å². The molecule has 1 heterocycles. The number of carbonyl (C=O) groups is 2. The molecule has 230 valence electrons. The second kappa shape index (κ2) is 10.9. The van der Waals surface area contributed by atoms with Crippen molar-refractivity contribution < 1.29 is 31.5 Å². The molecule has 0 fully saturated rings. The lowest BCUT2D eigenvalue weighted by molar-refractivity contribution is -0.122. The maximum absolute atomic E-state index is 14.7.